The molecular formula is C19H12ClN2O3S-. The van der Waals surface area contributed by atoms with Crippen molar-refractivity contribution >= 4 is 57.3 Å². The van der Waals surface area contributed by atoms with E-state index in [0.717, 1.165) is 10.8 Å². The fourth-order valence-electron chi connectivity index (χ4n) is 2.41. The van der Waals surface area contributed by atoms with Crippen LogP contribution in [0.3, 0.4) is 0 Å². The summed E-state index contributed by atoms with van der Waals surface area (Å²) in [5.74, 6) is -1.73. The van der Waals surface area contributed by atoms with Gasteiger partial charge in [0.05, 0.1) is 16.7 Å². The van der Waals surface area contributed by atoms with Gasteiger partial charge >= 0.3 is 0 Å². The summed E-state index contributed by atoms with van der Waals surface area (Å²) in [5, 5.41) is 18.4. The van der Waals surface area contributed by atoms with Crippen LogP contribution >= 0.6 is 23.8 Å². The van der Waals surface area contributed by atoms with Gasteiger partial charge in [0.2, 0.25) is 0 Å². The maximum atomic E-state index is 12.4. The number of thiocarbonyl (C=S) groups is 1. The van der Waals surface area contributed by atoms with E-state index in [2.05, 4.69) is 10.6 Å². The van der Waals surface area contributed by atoms with Crippen molar-refractivity contribution in [3.63, 3.8) is 0 Å². The van der Waals surface area contributed by atoms with E-state index in [0.29, 0.717) is 5.56 Å². The minimum atomic E-state index is -1.34. The number of benzene rings is 3. The Labute approximate surface area is 159 Å². The third kappa shape index (κ3) is 3.99. The van der Waals surface area contributed by atoms with E-state index in [-0.39, 0.29) is 27.3 Å². The minimum absolute atomic E-state index is 0.000515. The predicted octanol–water partition coefficient (Wildman–Crippen LogP) is 2.98. The van der Waals surface area contributed by atoms with E-state index in [1.54, 1.807) is 12.1 Å². The predicted molar refractivity (Wildman–Crippen MR) is 103 cm³/mol. The first-order valence-corrected chi connectivity index (χ1v) is 8.35. The molecule has 3 rings (SSSR count). The Morgan fingerprint density at radius 3 is 2.35 bits per heavy atom. The Hall–Kier alpha value is -2.96. The van der Waals surface area contributed by atoms with Crippen molar-refractivity contribution < 1.29 is 14.7 Å². The normalized spacial score (nSPS) is 10.3. The number of amides is 1. The summed E-state index contributed by atoms with van der Waals surface area (Å²) in [4.78, 5) is 23.3. The molecule has 26 heavy (non-hydrogen) atoms. The second-order valence-electron chi connectivity index (χ2n) is 5.45. The first-order valence-electron chi connectivity index (χ1n) is 7.56. The third-order valence-electron chi connectivity index (χ3n) is 3.69. The Balaban J connectivity index is 1.74. The van der Waals surface area contributed by atoms with Crippen molar-refractivity contribution in [2.45, 2.75) is 0 Å². The fourth-order valence-corrected chi connectivity index (χ4v) is 2.77. The molecule has 2 N–H and O–H groups in total. The number of hydrogen-bond donors (Lipinski definition) is 2. The number of rotatable bonds is 3. The Morgan fingerprint density at radius 1 is 0.923 bits per heavy atom. The molecule has 0 aliphatic rings. The number of nitrogens with one attached hydrogen (secondary N) is 2. The van der Waals surface area contributed by atoms with Crippen LogP contribution in [0, 0.1) is 0 Å². The quantitative estimate of drug-likeness (QED) is 0.679. The van der Waals surface area contributed by atoms with Gasteiger partial charge in [0.25, 0.3) is 5.91 Å². The lowest BCUT2D eigenvalue weighted by Crippen LogP contribution is -2.34. The highest BCUT2D eigenvalue weighted by Crippen LogP contribution is 2.23. The highest BCUT2D eigenvalue weighted by molar-refractivity contribution is 7.80. The standard InChI is InChI=1S/C19H13ClN2O3S/c20-15-8-7-14(18(24)25)10-16(15)21-19(26)22-17(23)13-6-5-11-3-1-2-4-12(11)9-13/h1-10H,(H,24,25)(H2,21,22,23,26)/p-1. The molecule has 0 saturated carbocycles. The number of hydrogen-bond acceptors (Lipinski definition) is 4. The average molecular weight is 384 g/mol. The zero-order valence-electron chi connectivity index (χ0n) is 13.3. The van der Waals surface area contributed by atoms with Crippen molar-refractivity contribution in [2.24, 2.45) is 0 Å². The molecule has 5 nitrogen and oxygen atoms in total. The van der Waals surface area contributed by atoms with Gasteiger partial charge < -0.3 is 15.2 Å². The number of carboxylic acids is 1. The summed E-state index contributed by atoms with van der Waals surface area (Å²) in [5.41, 5.74) is 0.653. The molecule has 0 aliphatic heterocycles. The van der Waals surface area contributed by atoms with Gasteiger partial charge in [-0.05, 0) is 52.8 Å². The molecule has 0 aliphatic carbocycles. The molecule has 0 saturated heterocycles. The van der Waals surface area contributed by atoms with Crippen LogP contribution in [0.1, 0.15) is 20.7 Å². The lowest BCUT2D eigenvalue weighted by atomic mass is 10.1. The van der Waals surface area contributed by atoms with E-state index >= 15 is 0 Å². The van der Waals surface area contributed by atoms with E-state index in [4.69, 9.17) is 23.8 Å². The van der Waals surface area contributed by atoms with Crippen LogP contribution in [-0.4, -0.2) is 17.0 Å². The van der Waals surface area contributed by atoms with Crippen molar-refractivity contribution in [2.75, 3.05) is 5.32 Å². The highest BCUT2D eigenvalue weighted by Gasteiger charge is 2.10. The molecule has 0 unspecified atom stereocenters. The Kier molecular flexibility index (Phi) is 5.16. The van der Waals surface area contributed by atoms with Gasteiger partial charge in [-0.1, -0.05) is 48.0 Å². The molecule has 0 atom stereocenters. The number of carbonyl (C=O) groups excluding carboxylic acids is 2. The molecule has 0 fully saturated rings. The molecule has 1 amide bonds. The van der Waals surface area contributed by atoms with Crippen LogP contribution in [0.15, 0.2) is 60.7 Å². The first kappa shape index (κ1) is 17.8. The van der Waals surface area contributed by atoms with Gasteiger partial charge in [0.1, 0.15) is 0 Å². The Morgan fingerprint density at radius 2 is 1.62 bits per heavy atom. The number of halogens is 1. The van der Waals surface area contributed by atoms with Gasteiger partial charge in [-0.3, -0.25) is 10.1 Å². The Bertz CT molecular complexity index is 1040. The van der Waals surface area contributed by atoms with Crippen molar-refractivity contribution in [1.29, 1.82) is 0 Å². The number of aromatic carboxylic acids is 1. The SMILES string of the molecule is O=C([O-])c1ccc(Cl)c(NC(=S)NC(=O)c2ccc3ccccc3c2)c1. The van der Waals surface area contributed by atoms with Crippen LogP contribution in [0.25, 0.3) is 10.8 Å². The smallest absolute Gasteiger partial charge is 0.257 e. The molecule has 3 aromatic rings. The lowest BCUT2D eigenvalue weighted by molar-refractivity contribution is -0.255. The monoisotopic (exact) mass is 383 g/mol. The van der Waals surface area contributed by atoms with Gasteiger partial charge in [0, 0.05) is 5.56 Å². The number of fused-ring (bicyclic) bond motifs is 1. The maximum absolute atomic E-state index is 12.4. The fraction of sp³-hybridized carbons (Fsp3) is 0. The van der Waals surface area contributed by atoms with Crippen LogP contribution in [0.4, 0.5) is 5.69 Å². The van der Waals surface area contributed by atoms with Gasteiger partial charge in [0.15, 0.2) is 5.11 Å². The molecule has 0 spiro atoms. The van der Waals surface area contributed by atoms with E-state index in [9.17, 15) is 14.7 Å². The lowest BCUT2D eigenvalue weighted by Gasteiger charge is -2.13. The molecule has 0 aromatic heterocycles. The van der Waals surface area contributed by atoms with Crippen molar-refractivity contribution in [1.82, 2.24) is 5.32 Å². The summed E-state index contributed by atoms with van der Waals surface area (Å²) < 4.78 is 0. The molecular weight excluding hydrogens is 372 g/mol. The zero-order chi connectivity index (χ0) is 18.7. The molecule has 0 bridgehead atoms. The summed E-state index contributed by atoms with van der Waals surface area (Å²) in [6.45, 7) is 0. The van der Waals surface area contributed by atoms with Crippen LogP contribution in [-0.2, 0) is 0 Å². The molecule has 0 radical (unpaired) electrons. The molecule has 7 heteroatoms. The third-order valence-corrected chi connectivity index (χ3v) is 4.22. The maximum Gasteiger partial charge on any atom is 0.257 e. The van der Waals surface area contributed by atoms with Gasteiger partial charge in [-0.15, -0.1) is 0 Å². The average Bonchev–Trinajstić information content (AvgIpc) is 2.62. The summed E-state index contributed by atoms with van der Waals surface area (Å²) >= 11 is 11.1. The molecule has 0 heterocycles. The topological polar surface area (TPSA) is 81.3 Å². The van der Waals surface area contributed by atoms with Crippen LogP contribution in [0.5, 0.6) is 0 Å². The second-order valence-corrected chi connectivity index (χ2v) is 6.27. The minimum Gasteiger partial charge on any atom is -0.545 e. The summed E-state index contributed by atoms with van der Waals surface area (Å²) in [6, 6.07) is 17.0. The zero-order valence-corrected chi connectivity index (χ0v) is 14.9. The first-order chi connectivity index (χ1) is 12.4. The van der Waals surface area contributed by atoms with Crippen LogP contribution in [0.2, 0.25) is 5.02 Å². The molecule has 130 valence electrons. The van der Waals surface area contributed by atoms with Gasteiger partial charge in [-0.2, -0.15) is 0 Å². The summed E-state index contributed by atoms with van der Waals surface area (Å²) in [7, 11) is 0. The van der Waals surface area contributed by atoms with Crippen molar-refractivity contribution in [3.05, 3.63) is 76.8 Å². The largest absolute Gasteiger partial charge is 0.545 e. The van der Waals surface area contributed by atoms with E-state index in [1.807, 2.05) is 30.3 Å². The highest BCUT2D eigenvalue weighted by atomic mass is 35.5. The molecule has 3 aromatic carbocycles. The second kappa shape index (κ2) is 7.51. The van der Waals surface area contributed by atoms with E-state index in [1.165, 1.54) is 18.2 Å². The number of anilines is 1. The number of carboxylic acid groups (broad SMARTS) is 1. The van der Waals surface area contributed by atoms with Gasteiger partial charge in [-0.25, -0.2) is 0 Å². The van der Waals surface area contributed by atoms with Crippen LogP contribution < -0.4 is 15.7 Å². The number of carbonyl (C=O) groups is 2. The summed E-state index contributed by atoms with van der Waals surface area (Å²) in [6.07, 6.45) is 0. The van der Waals surface area contributed by atoms with Crippen molar-refractivity contribution in [3.8, 4) is 0 Å². The van der Waals surface area contributed by atoms with E-state index < -0.39 is 5.97 Å².